The number of benzene rings is 1. The van der Waals surface area contributed by atoms with Crippen molar-refractivity contribution in [1.82, 2.24) is 10.2 Å². The monoisotopic (exact) mass is 349 g/mol. The van der Waals surface area contributed by atoms with Gasteiger partial charge in [-0.2, -0.15) is 8.73 Å². The Morgan fingerprint density at radius 2 is 1.95 bits per heavy atom. The van der Waals surface area contributed by atoms with Gasteiger partial charge in [-0.15, -0.1) is 16.7 Å². The predicted molar refractivity (Wildman–Crippen MR) is 79.9 cm³/mol. The molecule has 3 rings (SSSR count). The van der Waals surface area contributed by atoms with Crippen LogP contribution >= 0.6 is 34.8 Å². The van der Waals surface area contributed by atoms with Crippen molar-refractivity contribution in [3.8, 4) is 0 Å². The SMILES string of the molecule is CC(Cl)c1nnc(Nc2c(Cl)cc(Cl)c3c2N=S=N3)o1. The molecule has 10 heteroatoms. The van der Waals surface area contributed by atoms with Crippen LogP contribution in [0.1, 0.15) is 18.2 Å². The van der Waals surface area contributed by atoms with Gasteiger partial charge in [-0.3, -0.25) is 0 Å². The normalized spacial score (nSPS) is 14.0. The van der Waals surface area contributed by atoms with Gasteiger partial charge in [0.25, 0.3) is 0 Å². The smallest absolute Gasteiger partial charge is 0.320 e. The minimum absolute atomic E-state index is 0.172. The zero-order valence-electron chi connectivity index (χ0n) is 9.89. The average molecular weight is 351 g/mol. The van der Waals surface area contributed by atoms with Gasteiger partial charge in [0.15, 0.2) is 0 Å². The van der Waals surface area contributed by atoms with E-state index in [1.165, 1.54) is 0 Å². The zero-order chi connectivity index (χ0) is 14.3. The van der Waals surface area contributed by atoms with E-state index in [1.54, 1.807) is 13.0 Å². The first-order valence-corrected chi connectivity index (χ1v) is 7.33. The van der Waals surface area contributed by atoms with Crippen molar-refractivity contribution in [2.45, 2.75) is 12.3 Å². The van der Waals surface area contributed by atoms with E-state index in [0.717, 1.165) is 11.4 Å². The van der Waals surface area contributed by atoms with Gasteiger partial charge in [0.2, 0.25) is 5.89 Å². The third-order valence-electron chi connectivity index (χ3n) is 2.46. The maximum Gasteiger partial charge on any atom is 0.320 e. The summed E-state index contributed by atoms with van der Waals surface area (Å²) in [4.78, 5) is 0. The Morgan fingerprint density at radius 1 is 1.20 bits per heavy atom. The summed E-state index contributed by atoms with van der Waals surface area (Å²) in [7, 11) is 0. The van der Waals surface area contributed by atoms with E-state index in [9.17, 15) is 0 Å². The minimum atomic E-state index is -0.375. The number of hydrogen-bond acceptors (Lipinski definition) is 6. The molecule has 1 aliphatic heterocycles. The van der Waals surface area contributed by atoms with Crippen LogP contribution < -0.4 is 5.32 Å². The lowest BCUT2D eigenvalue weighted by molar-refractivity contribution is 0.510. The molecule has 0 fully saturated rings. The lowest BCUT2D eigenvalue weighted by atomic mass is 10.2. The van der Waals surface area contributed by atoms with E-state index in [0.29, 0.717) is 33.0 Å². The summed E-state index contributed by atoms with van der Waals surface area (Å²) in [6, 6.07) is 1.75. The molecule has 1 aromatic carbocycles. The molecular weight excluding hydrogens is 345 g/mol. The van der Waals surface area contributed by atoms with Crippen LogP contribution in [-0.4, -0.2) is 10.2 Å². The van der Waals surface area contributed by atoms with Crippen molar-refractivity contribution in [1.29, 1.82) is 0 Å². The summed E-state index contributed by atoms with van der Waals surface area (Å²) < 4.78 is 13.6. The molecule has 6 nitrogen and oxygen atoms in total. The molecule has 1 N–H and O–H groups in total. The van der Waals surface area contributed by atoms with Crippen LogP contribution in [0, 0.1) is 0 Å². The van der Waals surface area contributed by atoms with Gasteiger partial charge in [0, 0.05) is 0 Å². The highest BCUT2D eigenvalue weighted by Gasteiger charge is 2.20. The highest BCUT2D eigenvalue weighted by Crippen LogP contribution is 2.48. The molecule has 0 radical (unpaired) electrons. The standard InChI is InChI=1S/C10H6Cl3N5OS/c1-3(11)9-15-16-10(19-9)14-6-4(12)2-5(13)7-8(6)18-20-17-7/h2-3H,1H3,(H,14,16). The molecule has 1 aliphatic rings. The molecule has 0 amide bonds. The van der Waals surface area contributed by atoms with Crippen molar-refractivity contribution < 1.29 is 4.42 Å². The molecule has 0 aliphatic carbocycles. The van der Waals surface area contributed by atoms with Gasteiger partial charge in [-0.05, 0) is 13.0 Å². The van der Waals surface area contributed by atoms with Crippen molar-refractivity contribution in [2.75, 3.05) is 5.32 Å². The number of nitrogens with zero attached hydrogens (tertiary/aromatic N) is 4. The second-order valence-electron chi connectivity index (χ2n) is 3.86. The Balaban J connectivity index is 1.99. The van der Waals surface area contributed by atoms with Gasteiger partial charge in [-0.25, -0.2) is 0 Å². The number of hydrogen-bond donors (Lipinski definition) is 1. The molecule has 2 aromatic rings. The second kappa shape index (κ2) is 5.33. The van der Waals surface area contributed by atoms with Crippen molar-refractivity contribution in [3.05, 3.63) is 22.0 Å². The Bertz CT molecular complexity index is 754. The molecule has 20 heavy (non-hydrogen) atoms. The number of rotatable bonds is 3. The lowest BCUT2D eigenvalue weighted by Crippen LogP contribution is -1.92. The van der Waals surface area contributed by atoms with Crippen LogP contribution in [0.5, 0.6) is 0 Å². The number of nitrogens with one attached hydrogen (secondary N) is 1. The number of fused-ring (bicyclic) bond motifs is 1. The summed E-state index contributed by atoms with van der Waals surface area (Å²) in [5, 5.41) is 11.0. The number of aromatic nitrogens is 2. The van der Waals surface area contributed by atoms with Crippen molar-refractivity contribution in [3.63, 3.8) is 0 Å². The largest absolute Gasteiger partial charge is 0.406 e. The lowest BCUT2D eigenvalue weighted by Gasteiger charge is -2.08. The van der Waals surface area contributed by atoms with Crippen LogP contribution in [0.3, 0.4) is 0 Å². The molecule has 1 aromatic heterocycles. The summed E-state index contributed by atoms with van der Waals surface area (Å²) in [5.74, 6) is 0.312. The Kier molecular flexibility index (Phi) is 3.68. The van der Waals surface area contributed by atoms with Gasteiger partial charge in [-0.1, -0.05) is 28.3 Å². The Hall–Kier alpha value is -1.15. The Morgan fingerprint density at radius 3 is 2.65 bits per heavy atom. The molecular formula is C10H6Cl3N5OS. The highest BCUT2D eigenvalue weighted by molar-refractivity contribution is 7.58. The first-order valence-electron chi connectivity index (χ1n) is 5.41. The third-order valence-corrected chi connectivity index (χ3v) is 3.76. The first-order chi connectivity index (χ1) is 9.56. The van der Waals surface area contributed by atoms with Crippen LogP contribution in [0.2, 0.25) is 10.0 Å². The van der Waals surface area contributed by atoms with Gasteiger partial charge in [0.05, 0.1) is 27.1 Å². The van der Waals surface area contributed by atoms with E-state index in [-0.39, 0.29) is 11.4 Å². The second-order valence-corrected chi connectivity index (χ2v) is 5.86. The van der Waals surface area contributed by atoms with Gasteiger partial charge < -0.3 is 9.73 Å². The maximum absolute atomic E-state index is 6.16. The molecule has 2 heterocycles. The summed E-state index contributed by atoms with van der Waals surface area (Å²) >= 11 is 19.1. The molecule has 1 atom stereocenters. The van der Waals surface area contributed by atoms with E-state index >= 15 is 0 Å². The fourth-order valence-electron chi connectivity index (χ4n) is 1.55. The highest BCUT2D eigenvalue weighted by atomic mass is 35.5. The van der Waals surface area contributed by atoms with Crippen LogP contribution in [0.4, 0.5) is 23.1 Å². The molecule has 1 unspecified atom stereocenters. The number of alkyl halides is 1. The van der Waals surface area contributed by atoms with Crippen LogP contribution in [-0.2, 0) is 11.4 Å². The van der Waals surface area contributed by atoms with Crippen LogP contribution in [0.25, 0.3) is 0 Å². The zero-order valence-corrected chi connectivity index (χ0v) is 13.0. The first kappa shape index (κ1) is 13.8. The summed E-state index contributed by atoms with van der Waals surface area (Å²) in [5.41, 5.74) is 1.62. The van der Waals surface area contributed by atoms with E-state index < -0.39 is 0 Å². The maximum atomic E-state index is 6.16. The van der Waals surface area contributed by atoms with Crippen LogP contribution in [0.15, 0.2) is 19.2 Å². The molecule has 0 saturated carbocycles. The molecule has 104 valence electrons. The van der Waals surface area contributed by atoms with E-state index in [2.05, 4.69) is 24.2 Å². The minimum Gasteiger partial charge on any atom is -0.406 e. The average Bonchev–Trinajstić information content (AvgIpc) is 3.03. The molecule has 0 bridgehead atoms. The molecule has 0 spiro atoms. The van der Waals surface area contributed by atoms with Gasteiger partial charge in [0.1, 0.15) is 16.8 Å². The van der Waals surface area contributed by atoms with E-state index in [4.69, 9.17) is 39.2 Å². The van der Waals surface area contributed by atoms with Crippen molar-refractivity contribution >= 4 is 69.2 Å². The quantitative estimate of drug-likeness (QED) is 0.663. The summed E-state index contributed by atoms with van der Waals surface area (Å²) in [6.45, 7) is 1.73. The van der Waals surface area contributed by atoms with E-state index in [1.807, 2.05) is 0 Å². The summed E-state index contributed by atoms with van der Waals surface area (Å²) in [6.07, 6.45) is 0. The Labute approximate surface area is 132 Å². The van der Waals surface area contributed by atoms with Gasteiger partial charge >= 0.3 is 6.01 Å². The van der Waals surface area contributed by atoms with Crippen molar-refractivity contribution in [2.24, 2.45) is 8.73 Å². The molecule has 0 saturated heterocycles. The number of halogens is 3. The fraction of sp³-hybridized carbons (Fsp3) is 0.200. The topological polar surface area (TPSA) is 75.7 Å². The predicted octanol–water partition coefficient (Wildman–Crippen LogP) is 5.15. The number of anilines is 2. The fourth-order valence-corrected chi connectivity index (χ4v) is 2.79. The third kappa shape index (κ3) is 2.42.